The first-order valence-electron chi connectivity index (χ1n) is 6.39. The summed E-state index contributed by atoms with van der Waals surface area (Å²) in [6, 6.07) is -1.60. The highest BCUT2D eigenvalue weighted by Crippen LogP contribution is 2.17. The molecule has 1 rings (SSSR count). The highest BCUT2D eigenvalue weighted by atomic mass is 16.4. The Kier molecular flexibility index (Phi) is 6.10. The molecule has 20 heavy (non-hydrogen) atoms. The zero-order valence-corrected chi connectivity index (χ0v) is 11.0. The molecule has 0 unspecified atom stereocenters. The minimum atomic E-state index is -1.07. The average Bonchev–Trinajstić information content (AvgIpc) is 2.90. The number of amides is 2. The number of nitrogens with two attached hydrogens (primary N) is 1. The highest BCUT2D eigenvalue weighted by molar-refractivity contribution is 5.90. The number of likely N-dealkylation sites (tertiary alicyclic amines) is 1. The Morgan fingerprint density at radius 2 is 2.15 bits per heavy atom. The molecule has 0 bridgehead atoms. The lowest BCUT2D eigenvalue weighted by Crippen LogP contribution is -2.51. The van der Waals surface area contributed by atoms with Crippen LogP contribution in [0, 0.1) is 0 Å². The molecule has 0 saturated carbocycles. The number of hydrogen-bond acceptors (Lipinski definition) is 5. The number of hydrogen-bond donors (Lipinski definition) is 3. The third-order valence-electron chi connectivity index (χ3n) is 3.14. The summed E-state index contributed by atoms with van der Waals surface area (Å²) in [5.41, 5.74) is 5.17. The van der Waals surface area contributed by atoms with Crippen molar-refractivity contribution in [3.63, 3.8) is 0 Å². The molecule has 1 aliphatic heterocycles. The van der Waals surface area contributed by atoms with Gasteiger partial charge in [-0.05, 0) is 19.3 Å². The number of rotatable bonds is 7. The van der Waals surface area contributed by atoms with E-state index in [2.05, 4.69) is 5.32 Å². The number of carboxylic acid groups (broad SMARTS) is 1. The van der Waals surface area contributed by atoms with Gasteiger partial charge in [0.05, 0.1) is 12.6 Å². The quantitative estimate of drug-likeness (QED) is 0.516. The van der Waals surface area contributed by atoms with Crippen LogP contribution in [0.1, 0.15) is 25.7 Å². The summed E-state index contributed by atoms with van der Waals surface area (Å²) in [7, 11) is 0. The Labute approximate surface area is 116 Å². The van der Waals surface area contributed by atoms with E-state index in [1.807, 2.05) is 0 Å². The van der Waals surface area contributed by atoms with Crippen molar-refractivity contribution < 1.29 is 24.3 Å². The molecule has 2 atom stereocenters. The molecule has 8 nitrogen and oxygen atoms in total. The number of nitrogens with one attached hydrogen (secondary N) is 1. The predicted octanol–water partition coefficient (Wildman–Crippen LogP) is -1.60. The van der Waals surface area contributed by atoms with Crippen LogP contribution in [0.5, 0.6) is 0 Å². The second-order valence-electron chi connectivity index (χ2n) is 4.56. The van der Waals surface area contributed by atoms with Crippen molar-refractivity contribution in [2.45, 2.75) is 37.8 Å². The third kappa shape index (κ3) is 4.30. The number of carboxylic acids is 1. The third-order valence-corrected chi connectivity index (χ3v) is 3.14. The summed E-state index contributed by atoms with van der Waals surface area (Å²) < 4.78 is 0. The van der Waals surface area contributed by atoms with Gasteiger partial charge in [0.15, 0.2) is 0 Å². The van der Waals surface area contributed by atoms with Gasteiger partial charge in [0.1, 0.15) is 6.04 Å². The maximum atomic E-state index is 12.3. The van der Waals surface area contributed by atoms with Crippen molar-refractivity contribution >= 4 is 24.1 Å². The molecule has 8 heteroatoms. The van der Waals surface area contributed by atoms with Gasteiger partial charge in [-0.15, -0.1) is 0 Å². The fourth-order valence-corrected chi connectivity index (χ4v) is 2.13. The Bertz CT molecular complexity index is 399. The van der Waals surface area contributed by atoms with Crippen LogP contribution in [0.2, 0.25) is 0 Å². The second-order valence-corrected chi connectivity index (χ2v) is 4.56. The molecule has 0 aliphatic carbocycles. The summed E-state index contributed by atoms with van der Waals surface area (Å²) in [6.45, 7) is 0.112. The SMILES string of the molecule is NCC(=O)N[C@@H](CCC(=O)O)C(=O)N1CCC[C@H]1[C]=O. The van der Waals surface area contributed by atoms with Crippen LogP contribution < -0.4 is 11.1 Å². The van der Waals surface area contributed by atoms with Gasteiger partial charge < -0.3 is 21.1 Å². The summed E-state index contributed by atoms with van der Waals surface area (Å²) in [4.78, 5) is 46.3. The minimum Gasteiger partial charge on any atom is -0.481 e. The normalized spacial score (nSPS) is 19.4. The lowest BCUT2D eigenvalue weighted by atomic mass is 10.1. The van der Waals surface area contributed by atoms with Crippen molar-refractivity contribution in [3.8, 4) is 0 Å². The minimum absolute atomic E-state index is 0.0397. The van der Waals surface area contributed by atoms with E-state index >= 15 is 0 Å². The molecule has 1 saturated heterocycles. The van der Waals surface area contributed by atoms with E-state index < -0.39 is 29.9 Å². The Morgan fingerprint density at radius 1 is 1.45 bits per heavy atom. The van der Waals surface area contributed by atoms with Gasteiger partial charge in [-0.25, -0.2) is 0 Å². The highest BCUT2D eigenvalue weighted by Gasteiger charge is 2.34. The smallest absolute Gasteiger partial charge is 0.303 e. The van der Waals surface area contributed by atoms with Gasteiger partial charge in [0, 0.05) is 13.0 Å². The molecular weight excluding hydrogens is 266 g/mol. The molecule has 1 aliphatic rings. The first kappa shape index (κ1) is 16.1. The standard InChI is InChI=1S/C12H18N3O5/c13-6-10(17)14-9(3-4-11(18)19)12(20)15-5-1-2-8(15)7-16/h8-9H,1-6,13H2,(H,14,17)(H,18,19)/t8-,9-/m0/s1. The second kappa shape index (κ2) is 7.59. The van der Waals surface area contributed by atoms with E-state index in [1.54, 1.807) is 6.29 Å². The maximum absolute atomic E-state index is 12.3. The van der Waals surface area contributed by atoms with E-state index in [4.69, 9.17) is 10.8 Å². The largest absolute Gasteiger partial charge is 0.481 e. The fraction of sp³-hybridized carbons (Fsp3) is 0.667. The molecule has 1 radical (unpaired) electrons. The molecule has 111 valence electrons. The van der Waals surface area contributed by atoms with E-state index in [-0.39, 0.29) is 19.4 Å². The summed E-state index contributed by atoms with van der Waals surface area (Å²) in [6.07, 6.45) is 2.70. The first-order chi connectivity index (χ1) is 9.49. The number of carbonyl (C=O) groups is 3. The zero-order valence-electron chi connectivity index (χ0n) is 11.0. The van der Waals surface area contributed by atoms with Crippen LogP contribution in [0.4, 0.5) is 0 Å². The monoisotopic (exact) mass is 284 g/mol. The zero-order chi connectivity index (χ0) is 15.1. The van der Waals surface area contributed by atoms with Crippen LogP contribution in [0.15, 0.2) is 0 Å². The molecule has 0 aromatic heterocycles. The van der Waals surface area contributed by atoms with Crippen LogP contribution in [0.25, 0.3) is 0 Å². The van der Waals surface area contributed by atoms with Gasteiger partial charge in [0.25, 0.3) is 0 Å². The fourth-order valence-electron chi connectivity index (χ4n) is 2.13. The van der Waals surface area contributed by atoms with Crippen molar-refractivity contribution in [3.05, 3.63) is 0 Å². The van der Waals surface area contributed by atoms with E-state index in [0.29, 0.717) is 19.4 Å². The average molecular weight is 284 g/mol. The van der Waals surface area contributed by atoms with Crippen LogP contribution in [-0.2, 0) is 19.2 Å². The lowest BCUT2D eigenvalue weighted by Gasteiger charge is -2.26. The number of carbonyl (C=O) groups excluding carboxylic acids is 3. The Hall–Kier alpha value is -1.96. The van der Waals surface area contributed by atoms with Crippen molar-refractivity contribution in [1.29, 1.82) is 0 Å². The van der Waals surface area contributed by atoms with E-state index in [1.165, 1.54) is 4.90 Å². The van der Waals surface area contributed by atoms with E-state index in [9.17, 15) is 19.2 Å². The number of aliphatic carboxylic acids is 1. The summed E-state index contributed by atoms with van der Waals surface area (Å²) in [5, 5.41) is 11.1. The van der Waals surface area contributed by atoms with Gasteiger partial charge in [-0.3, -0.25) is 19.2 Å². The van der Waals surface area contributed by atoms with Gasteiger partial charge in [-0.1, -0.05) is 0 Å². The molecule has 4 N–H and O–H groups in total. The van der Waals surface area contributed by atoms with E-state index in [0.717, 1.165) is 0 Å². The topological polar surface area (TPSA) is 130 Å². The molecule has 1 fully saturated rings. The van der Waals surface area contributed by atoms with Gasteiger partial charge >= 0.3 is 5.97 Å². The first-order valence-corrected chi connectivity index (χ1v) is 6.39. The van der Waals surface area contributed by atoms with Crippen LogP contribution >= 0.6 is 0 Å². The van der Waals surface area contributed by atoms with Crippen molar-refractivity contribution in [2.75, 3.05) is 13.1 Å². The van der Waals surface area contributed by atoms with Gasteiger partial charge in [0.2, 0.25) is 18.1 Å². The molecule has 0 spiro atoms. The molecule has 0 aromatic rings. The van der Waals surface area contributed by atoms with Gasteiger partial charge in [-0.2, -0.15) is 0 Å². The maximum Gasteiger partial charge on any atom is 0.303 e. The molecule has 1 heterocycles. The number of nitrogens with zero attached hydrogens (tertiary/aromatic N) is 1. The Morgan fingerprint density at radius 3 is 2.70 bits per heavy atom. The molecule has 2 amide bonds. The summed E-state index contributed by atoms with van der Waals surface area (Å²) in [5.74, 6) is -2.07. The molecular formula is C12H18N3O5. The molecule has 0 aromatic carbocycles. The van der Waals surface area contributed by atoms with Crippen LogP contribution in [0.3, 0.4) is 0 Å². The van der Waals surface area contributed by atoms with Crippen molar-refractivity contribution in [2.24, 2.45) is 5.73 Å². The Balaban J connectivity index is 2.74. The van der Waals surface area contributed by atoms with Crippen molar-refractivity contribution in [1.82, 2.24) is 10.2 Å². The predicted molar refractivity (Wildman–Crippen MR) is 68.3 cm³/mol. The lowest BCUT2D eigenvalue weighted by molar-refractivity contribution is -0.139. The summed E-state index contributed by atoms with van der Waals surface area (Å²) >= 11 is 0. The van der Waals surface area contributed by atoms with Crippen LogP contribution in [-0.4, -0.2) is 59.2 Å².